The lowest BCUT2D eigenvalue weighted by molar-refractivity contribution is 0.0526. The molecule has 0 atom stereocenters. The fourth-order valence-corrected chi connectivity index (χ4v) is 5.54. The number of halogens is 1. The first kappa shape index (κ1) is 27.1. The van der Waals surface area contributed by atoms with E-state index in [0.29, 0.717) is 19.0 Å². The van der Waals surface area contributed by atoms with E-state index in [1.165, 1.54) is 16.7 Å². The van der Waals surface area contributed by atoms with Gasteiger partial charge in [0, 0.05) is 25.5 Å². The van der Waals surface area contributed by atoms with Crippen LogP contribution >= 0.6 is 23.5 Å². The van der Waals surface area contributed by atoms with Crippen LogP contribution in [0.4, 0.5) is 4.79 Å². The van der Waals surface area contributed by atoms with Gasteiger partial charge in [-0.15, -0.1) is 11.6 Å². The summed E-state index contributed by atoms with van der Waals surface area (Å²) in [6.07, 6.45) is 0.440. The quantitative estimate of drug-likeness (QED) is 0.170. The van der Waals surface area contributed by atoms with E-state index < -0.39 is 16.4 Å². The molecule has 35 heavy (non-hydrogen) atoms. The molecular formula is C29H35ClN2O2S. The fourth-order valence-electron chi connectivity index (χ4n) is 3.91. The predicted molar refractivity (Wildman–Crippen MR) is 148 cm³/mol. The van der Waals surface area contributed by atoms with E-state index in [1.54, 1.807) is 11.9 Å². The summed E-state index contributed by atoms with van der Waals surface area (Å²) < 4.78 is 7.26. The van der Waals surface area contributed by atoms with Crippen molar-refractivity contribution in [3.05, 3.63) is 108 Å². The van der Waals surface area contributed by atoms with Crippen molar-refractivity contribution < 1.29 is 9.53 Å². The Bertz CT molecular complexity index is 930. The number of alkyl carbamates (subject to hydrolysis) is 1. The van der Waals surface area contributed by atoms with Crippen molar-refractivity contribution in [3.63, 3.8) is 0 Å². The molecule has 3 aromatic rings. The van der Waals surface area contributed by atoms with Crippen molar-refractivity contribution in [2.75, 3.05) is 25.5 Å². The van der Waals surface area contributed by atoms with Crippen molar-refractivity contribution in [3.8, 4) is 0 Å². The van der Waals surface area contributed by atoms with Crippen LogP contribution in [-0.4, -0.2) is 41.5 Å². The number of carbonyl (C=O) groups is 1. The average molecular weight is 511 g/mol. The molecule has 0 fully saturated rings. The van der Waals surface area contributed by atoms with Crippen LogP contribution in [0, 0.1) is 0 Å². The molecule has 1 amide bonds. The zero-order chi connectivity index (χ0) is 25.2. The minimum Gasteiger partial charge on any atom is -0.444 e. The highest BCUT2D eigenvalue weighted by atomic mass is 35.5. The number of hydrogen-bond acceptors (Lipinski definition) is 4. The van der Waals surface area contributed by atoms with Crippen LogP contribution in [0.25, 0.3) is 0 Å². The highest BCUT2D eigenvalue weighted by Crippen LogP contribution is 2.49. The van der Waals surface area contributed by atoms with Crippen molar-refractivity contribution in [2.45, 2.75) is 37.5 Å². The van der Waals surface area contributed by atoms with E-state index in [9.17, 15) is 4.79 Å². The number of rotatable bonds is 11. The molecule has 4 nitrogen and oxygen atoms in total. The second-order valence-corrected chi connectivity index (χ2v) is 11.0. The van der Waals surface area contributed by atoms with Crippen LogP contribution in [0.1, 0.15) is 43.9 Å². The van der Waals surface area contributed by atoms with Crippen molar-refractivity contribution in [2.24, 2.45) is 0 Å². The van der Waals surface area contributed by atoms with Gasteiger partial charge in [0.1, 0.15) is 10.3 Å². The standard InChI is InChI=1S/C29H35ClN2O2S/c1-28(2,3)34-27(33)31-21-23-32(22-13-20-30)35-29(24-14-7-4-8-15-24,25-16-9-5-10-17-25)26-18-11-6-12-19-26/h4-12,14-19H,13,20-23H2,1-3H3,(H,31,33). The maximum Gasteiger partial charge on any atom is 0.407 e. The first-order chi connectivity index (χ1) is 16.8. The SMILES string of the molecule is CC(C)(C)OC(=O)NCCN(CCCCl)SC(c1ccccc1)(c1ccccc1)c1ccccc1. The highest BCUT2D eigenvalue weighted by molar-refractivity contribution is 7.98. The third-order valence-corrected chi connectivity index (χ3v) is 7.25. The maximum atomic E-state index is 12.2. The number of alkyl halides is 1. The minimum absolute atomic E-state index is 0.403. The fraction of sp³-hybridized carbons (Fsp3) is 0.345. The molecule has 0 aliphatic carbocycles. The number of hydrogen-bond donors (Lipinski definition) is 1. The Morgan fingerprint density at radius 1 is 0.829 bits per heavy atom. The number of benzene rings is 3. The Balaban J connectivity index is 1.97. The van der Waals surface area contributed by atoms with Gasteiger partial charge in [-0.2, -0.15) is 0 Å². The summed E-state index contributed by atoms with van der Waals surface area (Å²) in [7, 11) is 0. The lowest BCUT2D eigenvalue weighted by Crippen LogP contribution is -2.38. The van der Waals surface area contributed by atoms with Crippen molar-refractivity contribution in [1.29, 1.82) is 0 Å². The highest BCUT2D eigenvalue weighted by Gasteiger charge is 2.39. The van der Waals surface area contributed by atoms with Gasteiger partial charge in [-0.05, 0) is 43.9 Å². The van der Waals surface area contributed by atoms with Crippen LogP contribution in [0.3, 0.4) is 0 Å². The zero-order valence-electron chi connectivity index (χ0n) is 20.7. The van der Waals surface area contributed by atoms with E-state index >= 15 is 0 Å². The van der Waals surface area contributed by atoms with Gasteiger partial charge >= 0.3 is 6.09 Å². The number of ether oxygens (including phenoxy) is 1. The van der Waals surface area contributed by atoms with Crippen LogP contribution in [0.2, 0.25) is 0 Å². The number of amides is 1. The second kappa shape index (κ2) is 13.0. The first-order valence-corrected chi connectivity index (χ1v) is 13.3. The monoisotopic (exact) mass is 510 g/mol. The Morgan fingerprint density at radius 2 is 1.29 bits per heavy atom. The summed E-state index contributed by atoms with van der Waals surface area (Å²) in [6, 6.07) is 31.8. The molecular weight excluding hydrogens is 476 g/mol. The zero-order valence-corrected chi connectivity index (χ0v) is 22.3. The Morgan fingerprint density at radius 3 is 1.69 bits per heavy atom. The Hall–Kier alpha value is -2.47. The molecule has 0 unspecified atom stereocenters. The minimum atomic E-state index is -0.528. The maximum absolute atomic E-state index is 12.2. The molecule has 0 saturated carbocycles. The average Bonchev–Trinajstić information content (AvgIpc) is 2.86. The summed E-state index contributed by atoms with van der Waals surface area (Å²) in [5.41, 5.74) is 3.05. The van der Waals surface area contributed by atoms with Gasteiger partial charge in [0.15, 0.2) is 0 Å². The number of carbonyl (C=O) groups excluding carboxylic acids is 1. The normalized spacial score (nSPS) is 11.9. The summed E-state index contributed by atoms with van der Waals surface area (Å²) in [4.78, 5) is 12.2. The topological polar surface area (TPSA) is 41.6 Å². The summed E-state index contributed by atoms with van der Waals surface area (Å²) >= 11 is 7.88. The van der Waals surface area contributed by atoms with E-state index in [0.717, 1.165) is 13.0 Å². The van der Waals surface area contributed by atoms with E-state index in [4.69, 9.17) is 16.3 Å². The lowest BCUT2D eigenvalue weighted by Gasteiger charge is -2.39. The molecule has 6 heteroatoms. The smallest absolute Gasteiger partial charge is 0.407 e. The molecule has 0 radical (unpaired) electrons. The third kappa shape index (κ3) is 7.76. The predicted octanol–water partition coefficient (Wildman–Crippen LogP) is 7.08. The van der Waals surface area contributed by atoms with E-state index in [-0.39, 0.29) is 0 Å². The molecule has 3 aromatic carbocycles. The molecule has 3 rings (SSSR count). The van der Waals surface area contributed by atoms with E-state index in [2.05, 4.69) is 82.4 Å². The molecule has 186 valence electrons. The van der Waals surface area contributed by atoms with E-state index in [1.807, 2.05) is 39.0 Å². The molecule has 1 N–H and O–H groups in total. The van der Waals surface area contributed by atoms with Crippen LogP contribution < -0.4 is 5.32 Å². The second-order valence-electron chi connectivity index (χ2n) is 9.27. The number of nitrogens with one attached hydrogen (secondary N) is 1. The lowest BCUT2D eigenvalue weighted by atomic mass is 9.84. The van der Waals surface area contributed by atoms with Gasteiger partial charge in [0.05, 0.1) is 0 Å². The van der Waals surface area contributed by atoms with Gasteiger partial charge in [-0.25, -0.2) is 9.10 Å². The molecule has 0 saturated heterocycles. The number of nitrogens with zero attached hydrogens (tertiary/aromatic N) is 1. The van der Waals surface area contributed by atoms with Gasteiger partial charge in [0.2, 0.25) is 0 Å². The third-order valence-electron chi connectivity index (χ3n) is 5.38. The molecule has 0 bridgehead atoms. The van der Waals surface area contributed by atoms with Gasteiger partial charge in [-0.1, -0.05) is 103 Å². The van der Waals surface area contributed by atoms with Crippen LogP contribution in [0.5, 0.6) is 0 Å². The van der Waals surface area contributed by atoms with Crippen molar-refractivity contribution in [1.82, 2.24) is 9.62 Å². The van der Waals surface area contributed by atoms with Crippen molar-refractivity contribution >= 4 is 29.6 Å². The summed E-state index contributed by atoms with van der Waals surface area (Å²) in [5.74, 6) is 0.575. The van der Waals surface area contributed by atoms with Crippen LogP contribution in [-0.2, 0) is 9.48 Å². The summed E-state index contributed by atoms with van der Waals surface area (Å²) in [6.45, 7) is 7.50. The van der Waals surface area contributed by atoms with Gasteiger partial charge in [0.25, 0.3) is 0 Å². The Labute approximate surface area is 219 Å². The first-order valence-electron chi connectivity index (χ1n) is 12.0. The molecule has 0 aliphatic heterocycles. The Kier molecular flexibility index (Phi) is 10.1. The van der Waals surface area contributed by atoms with Gasteiger partial charge in [-0.3, -0.25) is 0 Å². The summed E-state index contributed by atoms with van der Waals surface area (Å²) in [5, 5.41) is 2.90. The molecule has 0 spiro atoms. The molecule has 0 heterocycles. The molecule has 0 aromatic heterocycles. The van der Waals surface area contributed by atoms with Gasteiger partial charge < -0.3 is 10.1 Å². The van der Waals surface area contributed by atoms with Crippen LogP contribution in [0.15, 0.2) is 91.0 Å². The molecule has 0 aliphatic rings. The largest absolute Gasteiger partial charge is 0.444 e.